The van der Waals surface area contributed by atoms with Crippen LogP contribution in [0.1, 0.15) is 19.4 Å². The van der Waals surface area contributed by atoms with Gasteiger partial charge in [0.2, 0.25) is 15.9 Å². The third kappa shape index (κ3) is 3.37. The molecule has 26 heavy (non-hydrogen) atoms. The van der Waals surface area contributed by atoms with Gasteiger partial charge in [0.05, 0.1) is 11.4 Å². The van der Waals surface area contributed by atoms with Crippen LogP contribution >= 0.6 is 0 Å². The Morgan fingerprint density at radius 2 is 1.85 bits per heavy atom. The minimum atomic E-state index is -3.87. The van der Waals surface area contributed by atoms with Gasteiger partial charge in [-0.05, 0) is 49.2 Å². The number of halogens is 1. The van der Waals surface area contributed by atoms with Gasteiger partial charge in [-0.3, -0.25) is 4.79 Å². The quantitative estimate of drug-likeness (QED) is 0.806. The van der Waals surface area contributed by atoms with Gasteiger partial charge in [-0.15, -0.1) is 0 Å². The maximum Gasteiger partial charge on any atom is 0.243 e. The summed E-state index contributed by atoms with van der Waals surface area (Å²) in [4.78, 5) is 14.5. The van der Waals surface area contributed by atoms with Crippen molar-refractivity contribution in [3.8, 4) is 0 Å². The van der Waals surface area contributed by atoms with Gasteiger partial charge >= 0.3 is 0 Å². The minimum absolute atomic E-state index is 0.0212. The highest BCUT2D eigenvalue weighted by atomic mass is 32.2. The number of para-hydroxylation sites is 1. The molecule has 1 heterocycles. The summed E-state index contributed by atoms with van der Waals surface area (Å²) in [5.41, 5.74) is 1.91. The van der Waals surface area contributed by atoms with E-state index in [1.807, 2.05) is 31.2 Å². The molecule has 0 unspecified atom stereocenters. The second-order valence-electron chi connectivity index (χ2n) is 6.33. The fourth-order valence-electron chi connectivity index (χ4n) is 3.30. The summed E-state index contributed by atoms with van der Waals surface area (Å²) in [5, 5.41) is 0. The fourth-order valence-corrected chi connectivity index (χ4v) is 4.69. The number of rotatable bonds is 5. The smallest absolute Gasteiger partial charge is 0.243 e. The summed E-state index contributed by atoms with van der Waals surface area (Å²) in [6.07, 6.45) is 0.749. The lowest BCUT2D eigenvalue weighted by atomic mass is 10.1. The largest absolute Gasteiger partial charge is 0.308 e. The van der Waals surface area contributed by atoms with Gasteiger partial charge < -0.3 is 4.90 Å². The molecule has 3 rings (SSSR count). The van der Waals surface area contributed by atoms with E-state index in [4.69, 9.17) is 0 Å². The summed E-state index contributed by atoms with van der Waals surface area (Å²) >= 11 is 0. The fraction of sp³-hybridized carbons (Fsp3) is 0.316. The standard InChI is InChI=1S/C19H21FN2O3S/c1-3-21(26(24,25)17-10-8-16(20)9-11-17)13-19(23)22-14(2)12-15-6-4-5-7-18(15)22/h4-11,14H,3,12-13H2,1-2H3/t14-/m1/s1. The van der Waals surface area contributed by atoms with Crippen molar-refractivity contribution in [2.75, 3.05) is 18.0 Å². The molecule has 0 fully saturated rings. The van der Waals surface area contributed by atoms with Crippen LogP contribution in [0, 0.1) is 5.82 Å². The van der Waals surface area contributed by atoms with E-state index in [1.54, 1.807) is 11.8 Å². The van der Waals surface area contributed by atoms with Gasteiger partial charge in [-0.25, -0.2) is 12.8 Å². The van der Waals surface area contributed by atoms with Crippen LogP contribution in [0.25, 0.3) is 0 Å². The van der Waals surface area contributed by atoms with Crippen molar-refractivity contribution >= 4 is 21.6 Å². The summed E-state index contributed by atoms with van der Waals surface area (Å²) in [6, 6.07) is 12.3. The molecule has 5 nitrogen and oxygen atoms in total. The molecule has 2 aromatic carbocycles. The van der Waals surface area contributed by atoms with Gasteiger partial charge in [0.1, 0.15) is 5.82 Å². The van der Waals surface area contributed by atoms with E-state index in [-0.39, 0.29) is 29.9 Å². The Hall–Kier alpha value is -2.25. The van der Waals surface area contributed by atoms with Gasteiger partial charge in [0, 0.05) is 18.3 Å². The number of amides is 1. The normalized spacial score (nSPS) is 16.8. The molecular formula is C19H21FN2O3S. The molecule has 1 atom stereocenters. The zero-order valence-electron chi connectivity index (χ0n) is 14.7. The third-order valence-electron chi connectivity index (χ3n) is 4.59. The lowest BCUT2D eigenvalue weighted by Crippen LogP contribution is -2.45. The Balaban J connectivity index is 1.84. The Kier molecular flexibility index (Phi) is 5.11. The van der Waals surface area contributed by atoms with Crippen LogP contribution in [-0.4, -0.2) is 37.8 Å². The van der Waals surface area contributed by atoms with E-state index in [9.17, 15) is 17.6 Å². The van der Waals surface area contributed by atoms with Crippen molar-refractivity contribution in [1.82, 2.24) is 4.31 Å². The third-order valence-corrected chi connectivity index (χ3v) is 6.53. The lowest BCUT2D eigenvalue weighted by Gasteiger charge is -2.27. The molecule has 0 N–H and O–H groups in total. The number of hydrogen-bond donors (Lipinski definition) is 0. The van der Waals surface area contributed by atoms with Crippen molar-refractivity contribution in [3.05, 3.63) is 59.9 Å². The minimum Gasteiger partial charge on any atom is -0.308 e. The number of benzene rings is 2. The highest BCUT2D eigenvalue weighted by molar-refractivity contribution is 7.89. The van der Waals surface area contributed by atoms with Crippen molar-refractivity contribution in [2.45, 2.75) is 31.2 Å². The number of hydrogen-bond acceptors (Lipinski definition) is 3. The van der Waals surface area contributed by atoms with E-state index in [1.165, 1.54) is 12.1 Å². The van der Waals surface area contributed by atoms with Crippen molar-refractivity contribution in [3.63, 3.8) is 0 Å². The predicted octanol–water partition coefficient (Wildman–Crippen LogP) is 2.81. The highest BCUT2D eigenvalue weighted by Crippen LogP contribution is 2.32. The topological polar surface area (TPSA) is 57.7 Å². The van der Waals surface area contributed by atoms with Crippen LogP contribution in [0.4, 0.5) is 10.1 Å². The van der Waals surface area contributed by atoms with E-state index >= 15 is 0 Å². The molecule has 1 amide bonds. The molecule has 0 aliphatic carbocycles. The number of carbonyl (C=O) groups is 1. The molecule has 0 bridgehead atoms. The first-order valence-electron chi connectivity index (χ1n) is 8.50. The monoisotopic (exact) mass is 376 g/mol. The van der Waals surface area contributed by atoms with Crippen LogP contribution in [0.3, 0.4) is 0 Å². The van der Waals surface area contributed by atoms with Crippen molar-refractivity contribution in [1.29, 1.82) is 0 Å². The first kappa shape index (κ1) is 18.5. The van der Waals surface area contributed by atoms with E-state index in [0.29, 0.717) is 0 Å². The average Bonchev–Trinajstić information content (AvgIpc) is 2.95. The number of nitrogens with zero attached hydrogens (tertiary/aromatic N) is 2. The Morgan fingerprint density at radius 3 is 2.50 bits per heavy atom. The maximum absolute atomic E-state index is 13.1. The van der Waals surface area contributed by atoms with Crippen molar-refractivity contribution in [2.24, 2.45) is 0 Å². The zero-order chi connectivity index (χ0) is 18.9. The van der Waals surface area contributed by atoms with Crippen LogP contribution in [0.5, 0.6) is 0 Å². The molecule has 0 radical (unpaired) electrons. The van der Waals surface area contributed by atoms with E-state index in [2.05, 4.69) is 0 Å². The molecule has 0 saturated carbocycles. The number of carbonyl (C=O) groups excluding carboxylic acids is 1. The first-order valence-corrected chi connectivity index (χ1v) is 9.94. The van der Waals surface area contributed by atoms with Crippen LogP contribution in [0.2, 0.25) is 0 Å². The molecule has 1 aliphatic rings. The van der Waals surface area contributed by atoms with Crippen LogP contribution in [-0.2, 0) is 21.2 Å². The van der Waals surface area contributed by atoms with E-state index < -0.39 is 15.8 Å². The molecule has 7 heteroatoms. The predicted molar refractivity (Wildman–Crippen MR) is 97.9 cm³/mol. The molecule has 0 spiro atoms. The average molecular weight is 376 g/mol. The molecule has 1 aliphatic heterocycles. The number of fused-ring (bicyclic) bond motifs is 1. The van der Waals surface area contributed by atoms with Gasteiger partial charge in [-0.1, -0.05) is 25.1 Å². The Bertz CT molecular complexity index is 913. The second kappa shape index (κ2) is 7.17. The Morgan fingerprint density at radius 1 is 1.19 bits per heavy atom. The molecule has 2 aromatic rings. The molecule has 0 aromatic heterocycles. The van der Waals surface area contributed by atoms with E-state index in [0.717, 1.165) is 34.1 Å². The number of sulfonamides is 1. The Labute approximate surface area is 153 Å². The second-order valence-corrected chi connectivity index (χ2v) is 8.27. The van der Waals surface area contributed by atoms with Crippen LogP contribution in [0.15, 0.2) is 53.4 Å². The summed E-state index contributed by atoms with van der Waals surface area (Å²) in [7, 11) is -3.87. The SMILES string of the molecule is CCN(CC(=O)N1c2ccccc2C[C@H]1C)S(=O)(=O)c1ccc(F)cc1. The number of likely N-dealkylation sites (N-methyl/N-ethyl adjacent to an activating group) is 1. The van der Waals surface area contributed by atoms with Gasteiger partial charge in [0.15, 0.2) is 0 Å². The number of anilines is 1. The molecule has 138 valence electrons. The highest BCUT2D eigenvalue weighted by Gasteiger charge is 2.33. The summed E-state index contributed by atoms with van der Waals surface area (Å²) in [6.45, 7) is 3.52. The first-order chi connectivity index (χ1) is 12.3. The van der Waals surface area contributed by atoms with Gasteiger partial charge in [-0.2, -0.15) is 4.31 Å². The molecule has 0 saturated heterocycles. The van der Waals surface area contributed by atoms with Crippen molar-refractivity contribution < 1.29 is 17.6 Å². The molecular weight excluding hydrogens is 355 g/mol. The van der Waals surface area contributed by atoms with Crippen LogP contribution < -0.4 is 4.90 Å². The summed E-state index contributed by atoms with van der Waals surface area (Å²) in [5.74, 6) is -0.777. The van der Waals surface area contributed by atoms with Gasteiger partial charge in [0.25, 0.3) is 0 Å². The summed E-state index contributed by atoms with van der Waals surface area (Å²) < 4.78 is 39.8. The zero-order valence-corrected chi connectivity index (χ0v) is 15.5. The lowest BCUT2D eigenvalue weighted by molar-refractivity contribution is -0.119. The maximum atomic E-state index is 13.1.